The molecule has 5 heteroatoms. The number of benzene rings is 2. The van der Waals surface area contributed by atoms with Crippen molar-refractivity contribution in [3.63, 3.8) is 0 Å². The van der Waals surface area contributed by atoms with Gasteiger partial charge in [0.25, 0.3) is 0 Å². The first kappa shape index (κ1) is 13.9. The molecule has 3 rings (SSSR count). The third-order valence-electron chi connectivity index (χ3n) is 3.19. The number of halogens is 3. The van der Waals surface area contributed by atoms with Gasteiger partial charge in [-0.3, -0.25) is 4.79 Å². The fourth-order valence-corrected chi connectivity index (χ4v) is 3.15. The highest BCUT2D eigenvalue weighted by Gasteiger charge is 2.24. The molecule has 1 heterocycles. The number of fused-ring (bicyclic) bond motifs is 1. The highest BCUT2D eigenvalue weighted by atomic mass is 79.9. The summed E-state index contributed by atoms with van der Waals surface area (Å²) in [6, 6.07) is 8.75. The van der Waals surface area contributed by atoms with Crippen molar-refractivity contribution in [3.8, 4) is 5.75 Å². The van der Waals surface area contributed by atoms with Crippen LogP contribution in [0.25, 0.3) is 0 Å². The molecule has 0 aliphatic carbocycles. The molecule has 1 aliphatic rings. The van der Waals surface area contributed by atoms with E-state index in [2.05, 4.69) is 15.9 Å². The molecule has 0 atom stereocenters. The van der Waals surface area contributed by atoms with Crippen molar-refractivity contribution in [2.24, 2.45) is 0 Å². The molecule has 0 spiro atoms. The largest absolute Gasteiger partial charge is 0.492 e. The minimum absolute atomic E-state index is 0.183. The van der Waals surface area contributed by atoms with Crippen molar-refractivity contribution in [2.75, 3.05) is 6.61 Å². The number of rotatable bonds is 2. The Morgan fingerprint density at radius 1 is 1.20 bits per heavy atom. The van der Waals surface area contributed by atoms with E-state index in [-0.39, 0.29) is 10.8 Å². The molecule has 1 aliphatic heterocycles. The number of ketones is 1. The molecule has 102 valence electrons. The lowest BCUT2D eigenvalue weighted by Gasteiger charge is -2.10. The highest BCUT2D eigenvalue weighted by molar-refractivity contribution is 9.10. The standard InChI is InChI=1S/C15H9BrCl2O2/c16-9-6-8-4-5-20-15(8)11(7-9)14(19)10-2-1-3-12(17)13(10)18/h1-3,6-7H,4-5H2. The first-order valence-corrected chi connectivity index (χ1v) is 7.57. The van der Waals surface area contributed by atoms with E-state index < -0.39 is 0 Å². The van der Waals surface area contributed by atoms with Crippen LogP contribution in [-0.4, -0.2) is 12.4 Å². The van der Waals surface area contributed by atoms with Gasteiger partial charge >= 0.3 is 0 Å². The summed E-state index contributed by atoms with van der Waals surface area (Å²) in [5, 5.41) is 0.635. The van der Waals surface area contributed by atoms with Crippen LogP contribution in [0.4, 0.5) is 0 Å². The Morgan fingerprint density at radius 2 is 2.00 bits per heavy atom. The van der Waals surface area contributed by atoms with E-state index in [1.165, 1.54) is 0 Å². The van der Waals surface area contributed by atoms with E-state index >= 15 is 0 Å². The average molecular weight is 372 g/mol. The molecule has 0 saturated carbocycles. The first-order chi connectivity index (χ1) is 9.58. The van der Waals surface area contributed by atoms with Crippen molar-refractivity contribution >= 4 is 44.9 Å². The first-order valence-electron chi connectivity index (χ1n) is 6.02. The van der Waals surface area contributed by atoms with Crippen LogP contribution in [0.15, 0.2) is 34.8 Å². The molecule has 20 heavy (non-hydrogen) atoms. The lowest BCUT2D eigenvalue weighted by atomic mass is 10.00. The van der Waals surface area contributed by atoms with Gasteiger partial charge < -0.3 is 4.74 Å². The Balaban J connectivity index is 2.14. The molecule has 0 amide bonds. The van der Waals surface area contributed by atoms with E-state index in [4.69, 9.17) is 27.9 Å². The van der Waals surface area contributed by atoms with Gasteiger partial charge in [0, 0.05) is 16.5 Å². The zero-order valence-electron chi connectivity index (χ0n) is 10.3. The molecule has 0 unspecified atom stereocenters. The molecule has 0 bridgehead atoms. The Hall–Kier alpha value is -1.03. The van der Waals surface area contributed by atoms with E-state index in [1.54, 1.807) is 24.3 Å². The van der Waals surface area contributed by atoms with Gasteiger partial charge in [-0.25, -0.2) is 0 Å². The quantitative estimate of drug-likeness (QED) is 0.700. The summed E-state index contributed by atoms with van der Waals surface area (Å²) >= 11 is 15.5. The number of hydrogen-bond acceptors (Lipinski definition) is 2. The minimum atomic E-state index is -0.183. The second-order valence-corrected chi connectivity index (χ2v) is 6.17. The summed E-state index contributed by atoms with van der Waals surface area (Å²) in [5.41, 5.74) is 1.92. The highest BCUT2D eigenvalue weighted by Crippen LogP contribution is 2.36. The number of ether oxygens (including phenoxy) is 1. The van der Waals surface area contributed by atoms with Crippen molar-refractivity contribution in [3.05, 3.63) is 61.5 Å². The fraction of sp³-hybridized carbons (Fsp3) is 0.133. The topological polar surface area (TPSA) is 26.3 Å². The van der Waals surface area contributed by atoms with Gasteiger partial charge in [0.05, 0.1) is 22.2 Å². The van der Waals surface area contributed by atoms with Gasteiger partial charge in [0.15, 0.2) is 5.78 Å². The second kappa shape index (κ2) is 5.40. The summed E-state index contributed by atoms with van der Waals surface area (Å²) in [4.78, 5) is 12.7. The van der Waals surface area contributed by atoms with E-state index in [9.17, 15) is 4.79 Å². The van der Waals surface area contributed by atoms with Crippen LogP contribution in [0.1, 0.15) is 21.5 Å². The van der Waals surface area contributed by atoms with Gasteiger partial charge in [-0.15, -0.1) is 0 Å². The van der Waals surface area contributed by atoms with Crippen LogP contribution in [0.3, 0.4) is 0 Å². The van der Waals surface area contributed by atoms with Crippen molar-refractivity contribution < 1.29 is 9.53 Å². The lowest BCUT2D eigenvalue weighted by Crippen LogP contribution is -2.05. The monoisotopic (exact) mass is 370 g/mol. The normalized spacial score (nSPS) is 12.9. The number of hydrogen-bond donors (Lipinski definition) is 0. The Labute approximate surface area is 134 Å². The van der Waals surface area contributed by atoms with Crippen molar-refractivity contribution in [2.45, 2.75) is 6.42 Å². The van der Waals surface area contributed by atoms with Crippen LogP contribution in [0, 0.1) is 0 Å². The van der Waals surface area contributed by atoms with Crippen molar-refractivity contribution in [1.29, 1.82) is 0 Å². The molecular weight excluding hydrogens is 363 g/mol. The van der Waals surface area contributed by atoms with Crippen LogP contribution in [-0.2, 0) is 6.42 Å². The van der Waals surface area contributed by atoms with E-state index in [1.807, 2.05) is 6.07 Å². The molecule has 0 saturated heterocycles. The second-order valence-electron chi connectivity index (χ2n) is 4.47. The zero-order chi connectivity index (χ0) is 14.3. The maximum Gasteiger partial charge on any atom is 0.198 e. The van der Waals surface area contributed by atoms with E-state index in [0.29, 0.717) is 28.5 Å². The molecule has 2 aromatic carbocycles. The smallest absolute Gasteiger partial charge is 0.198 e. The van der Waals surface area contributed by atoms with Crippen LogP contribution in [0.2, 0.25) is 10.0 Å². The molecule has 0 N–H and O–H groups in total. The molecule has 2 nitrogen and oxygen atoms in total. The summed E-state index contributed by atoms with van der Waals surface area (Å²) in [6.45, 7) is 0.593. The Bertz CT molecular complexity index is 713. The predicted molar refractivity (Wildman–Crippen MR) is 83.2 cm³/mol. The average Bonchev–Trinajstić information content (AvgIpc) is 2.88. The molecule has 0 radical (unpaired) electrons. The maximum absolute atomic E-state index is 12.7. The Morgan fingerprint density at radius 3 is 2.80 bits per heavy atom. The molecular formula is C15H9BrCl2O2. The summed E-state index contributed by atoms with van der Waals surface area (Å²) in [7, 11) is 0. The van der Waals surface area contributed by atoms with E-state index in [0.717, 1.165) is 16.5 Å². The van der Waals surface area contributed by atoms with Crippen LogP contribution in [0.5, 0.6) is 5.75 Å². The van der Waals surface area contributed by atoms with Crippen LogP contribution < -0.4 is 4.74 Å². The summed E-state index contributed by atoms with van der Waals surface area (Å²) in [5.74, 6) is 0.464. The third kappa shape index (κ3) is 2.34. The van der Waals surface area contributed by atoms with Gasteiger partial charge in [-0.05, 0) is 29.8 Å². The fourth-order valence-electron chi connectivity index (χ4n) is 2.26. The minimum Gasteiger partial charge on any atom is -0.492 e. The molecule has 0 fully saturated rings. The Kier molecular flexibility index (Phi) is 3.76. The lowest BCUT2D eigenvalue weighted by molar-refractivity contribution is 0.103. The third-order valence-corrected chi connectivity index (χ3v) is 4.47. The number of carbonyl (C=O) groups excluding carboxylic acids is 1. The van der Waals surface area contributed by atoms with Crippen LogP contribution >= 0.6 is 39.1 Å². The van der Waals surface area contributed by atoms with Gasteiger partial charge in [-0.1, -0.05) is 45.2 Å². The summed E-state index contributed by atoms with van der Waals surface area (Å²) < 4.78 is 6.43. The molecule has 0 aromatic heterocycles. The summed E-state index contributed by atoms with van der Waals surface area (Å²) in [6.07, 6.45) is 0.804. The SMILES string of the molecule is O=C(c1cccc(Cl)c1Cl)c1cc(Br)cc2c1OCC2. The predicted octanol–water partition coefficient (Wildman–Crippen LogP) is 4.92. The van der Waals surface area contributed by atoms with Gasteiger partial charge in [0.2, 0.25) is 0 Å². The van der Waals surface area contributed by atoms with Gasteiger partial charge in [0.1, 0.15) is 5.75 Å². The number of carbonyl (C=O) groups is 1. The molecule has 2 aromatic rings. The van der Waals surface area contributed by atoms with Crippen molar-refractivity contribution in [1.82, 2.24) is 0 Å². The zero-order valence-corrected chi connectivity index (χ0v) is 13.3. The maximum atomic E-state index is 12.7. The van der Waals surface area contributed by atoms with Gasteiger partial charge in [-0.2, -0.15) is 0 Å².